The Kier molecular flexibility index (Phi) is 22.2. The van der Waals surface area contributed by atoms with Gasteiger partial charge < -0.3 is 9.80 Å². The van der Waals surface area contributed by atoms with Gasteiger partial charge in [-0.15, -0.1) is 0 Å². The van der Waals surface area contributed by atoms with E-state index in [9.17, 15) is 0 Å². The highest BCUT2D eigenvalue weighted by Crippen LogP contribution is 2.23. The number of nitrogens with zero attached hydrogens (tertiary/aromatic N) is 2. The smallest absolute Gasteiger partial charge is 0.101 e. The Morgan fingerprint density at radius 2 is 0.676 bits per heavy atom. The second kappa shape index (κ2) is 24.1. The monoisotopic (exact) mass is 477 g/mol. The number of unbranched alkanes of at least 4 members (excludes halogenated alkanes) is 20. The molecule has 1 rings (SSSR count). The molecule has 1 aliphatic rings. The van der Waals surface area contributed by atoms with Crippen LogP contribution in [0.3, 0.4) is 0 Å². The van der Waals surface area contributed by atoms with E-state index in [0.717, 1.165) is 0 Å². The van der Waals surface area contributed by atoms with Crippen LogP contribution < -0.4 is 0 Å². The third-order valence-electron chi connectivity index (χ3n) is 7.82. The van der Waals surface area contributed by atoms with Crippen LogP contribution in [0.5, 0.6) is 0 Å². The van der Waals surface area contributed by atoms with Crippen LogP contribution in [-0.2, 0) is 0 Å². The summed E-state index contributed by atoms with van der Waals surface area (Å²) in [6.07, 6.45) is 39.5. The van der Waals surface area contributed by atoms with Crippen molar-refractivity contribution in [3.05, 3.63) is 12.4 Å². The quantitative estimate of drug-likeness (QED) is 0.114. The van der Waals surface area contributed by atoms with Crippen molar-refractivity contribution in [1.29, 1.82) is 0 Å². The summed E-state index contributed by atoms with van der Waals surface area (Å²) in [5.41, 5.74) is 0. The van der Waals surface area contributed by atoms with E-state index in [-0.39, 0.29) is 0 Å². The normalized spacial score (nSPS) is 15.7. The zero-order chi connectivity index (χ0) is 24.5. The summed E-state index contributed by atoms with van der Waals surface area (Å²) in [5, 5.41) is 0. The van der Waals surface area contributed by atoms with Crippen LogP contribution in [0.4, 0.5) is 0 Å². The molecule has 0 spiro atoms. The van der Waals surface area contributed by atoms with Crippen LogP contribution in [0.25, 0.3) is 0 Å². The first-order chi connectivity index (χ1) is 16.8. The maximum atomic E-state index is 2.68. The van der Waals surface area contributed by atoms with Gasteiger partial charge in [-0.1, -0.05) is 149 Å². The summed E-state index contributed by atoms with van der Waals surface area (Å²) in [7, 11) is 0. The van der Waals surface area contributed by atoms with Crippen LogP contribution in [0.1, 0.15) is 175 Å². The van der Waals surface area contributed by atoms with Crippen molar-refractivity contribution in [2.24, 2.45) is 0 Å². The Bertz CT molecular complexity index is 433. The lowest BCUT2D eigenvalue weighted by atomic mass is 10.0. The fourth-order valence-electron chi connectivity index (χ4n) is 5.48. The van der Waals surface area contributed by atoms with Gasteiger partial charge in [-0.2, -0.15) is 0 Å². The average Bonchev–Trinajstić information content (AvgIpc) is 3.23. The fourth-order valence-corrected chi connectivity index (χ4v) is 5.48. The minimum absolute atomic E-state index is 0.644. The molecule has 34 heavy (non-hydrogen) atoms. The first-order valence-electron chi connectivity index (χ1n) is 16.0. The van der Waals surface area contributed by atoms with E-state index in [1.165, 1.54) is 167 Å². The highest BCUT2D eigenvalue weighted by Gasteiger charge is 2.24. The summed E-state index contributed by atoms with van der Waals surface area (Å²) in [5.74, 6) is 0. The van der Waals surface area contributed by atoms with Crippen LogP contribution in [0.15, 0.2) is 12.4 Å². The first-order valence-corrected chi connectivity index (χ1v) is 16.0. The van der Waals surface area contributed by atoms with Gasteiger partial charge in [0.15, 0.2) is 0 Å². The number of rotatable bonds is 26. The van der Waals surface area contributed by atoms with E-state index in [1.54, 1.807) is 0 Å². The zero-order valence-corrected chi connectivity index (χ0v) is 24.0. The first kappa shape index (κ1) is 31.4. The molecule has 0 fully saturated rings. The van der Waals surface area contributed by atoms with Crippen LogP contribution in [0, 0.1) is 0 Å². The van der Waals surface area contributed by atoms with E-state index >= 15 is 0 Å². The van der Waals surface area contributed by atoms with Crippen LogP contribution in [-0.4, -0.2) is 29.1 Å². The van der Waals surface area contributed by atoms with Gasteiger partial charge in [0.25, 0.3) is 0 Å². The Morgan fingerprint density at radius 1 is 0.382 bits per heavy atom. The molecule has 0 aliphatic carbocycles. The van der Waals surface area contributed by atoms with Gasteiger partial charge in [0.2, 0.25) is 0 Å². The molecule has 202 valence electrons. The molecule has 2 heteroatoms. The van der Waals surface area contributed by atoms with Gasteiger partial charge in [-0.3, -0.25) is 0 Å². The highest BCUT2D eigenvalue weighted by atomic mass is 15.4. The molecule has 1 unspecified atom stereocenters. The van der Waals surface area contributed by atoms with Gasteiger partial charge in [0, 0.05) is 25.5 Å². The predicted molar refractivity (Wildman–Crippen MR) is 154 cm³/mol. The number of hydrogen-bond acceptors (Lipinski definition) is 2. The van der Waals surface area contributed by atoms with Crippen molar-refractivity contribution in [2.75, 3.05) is 13.1 Å². The Labute approximate surface area is 216 Å². The molecule has 0 aromatic heterocycles. The number of hydrogen-bond donors (Lipinski definition) is 0. The third kappa shape index (κ3) is 16.9. The average molecular weight is 477 g/mol. The molecule has 0 saturated heterocycles. The van der Waals surface area contributed by atoms with Gasteiger partial charge in [-0.05, 0) is 25.7 Å². The van der Waals surface area contributed by atoms with Gasteiger partial charge >= 0.3 is 0 Å². The van der Waals surface area contributed by atoms with Gasteiger partial charge in [-0.25, -0.2) is 0 Å². The molecule has 0 aromatic carbocycles. The molecule has 0 saturated carbocycles. The van der Waals surface area contributed by atoms with Crippen LogP contribution in [0.2, 0.25) is 0 Å². The second-order valence-corrected chi connectivity index (χ2v) is 11.1. The van der Waals surface area contributed by atoms with E-state index in [4.69, 9.17) is 0 Å². The van der Waals surface area contributed by atoms with Crippen LogP contribution >= 0.6 is 0 Å². The lowest BCUT2D eigenvalue weighted by Gasteiger charge is -2.33. The van der Waals surface area contributed by atoms with Crippen molar-refractivity contribution in [3.8, 4) is 0 Å². The highest BCUT2D eigenvalue weighted by molar-refractivity contribution is 4.97. The maximum absolute atomic E-state index is 2.68. The summed E-state index contributed by atoms with van der Waals surface area (Å²) in [4.78, 5) is 5.36. The zero-order valence-electron chi connectivity index (χ0n) is 24.0. The SMILES string of the molecule is CCCCCCCCCCCCCCCN1C=CN(CCCCCC)C1CCCCCCCC. The molecular formula is C32H64N2. The Balaban J connectivity index is 2.14. The molecule has 1 aliphatic heterocycles. The van der Waals surface area contributed by atoms with Crippen molar-refractivity contribution >= 4 is 0 Å². The molecule has 0 amide bonds. The molecule has 0 bridgehead atoms. The minimum Gasteiger partial charge on any atom is -0.356 e. The molecule has 0 N–H and O–H groups in total. The van der Waals surface area contributed by atoms with E-state index in [1.807, 2.05) is 0 Å². The largest absolute Gasteiger partial charge is 0.356 e. The van der Waals surface area contributed by atoms with E-state index in [2.05, 4.69) is 43.0 Å². The van der Waals surface area contributed by atoms with Gasteiger partial charge in [0.1, 0.15) is 6.17 Å². The lowest BCUT2D eigenvalue weighted by Crippen LogP contribution is -2.39. The summed E-state index contributed by atoms with van der Waals surface area (Å²) in [6, 6.07) is 0. The maximum Gasteiger partial charge on any atom is 0.101 e. The lowest BCUT2D eigenvalue weighted by molar-refractivity contribution is 0.135. The van der Waals surface area contributed by atoms with E-state index in [0.29, 0.717) is 6.17 Å². The van der Waals surface area contributed by atoms with Gasteiger partial charge in [0.05, 0.1) is 0 Å². The topological polar surface area (TPSA) is 6.48 Å². The summed E-state index contributed by atoms with van der Waals surface area (Å²) in [6.45, 7) is 9.45. The summed E-state index contributed by atoms with van der Waals surface area (Å²) < 4.78 is 0. The molecule has 1 atom stereocenters. The second-order valence-electron chi connectivity index (χ2n) is 11.1. The van der Waals surface area contributed by atoms with Crippen molar-refractivity contribution in [1.82, 2.24) is 9.80 Å². The molecule has 1 heterocycles. The fraction of sp³-hybridized carbons (Fsp3) is 0.938. The predicted octanol–water partition coefficient (Wildman–Crippen LogP) is 10.8. The third-order valence-corrected chi connectivity index (χ3v) is 7.82. The minimum atomic E-state index is 0.644. The molecule has 0 aromatic rings. The molecular weight excluding hydrogens is 412 g/mol. The Morgan fingerprint density at radius 3 is 1.06 bits per heavy atom. The van der Waals surface area contributed by atoms with Crippen molar-refractivity contribution in [3.63, 3.8) is 0 Å². The van der Waals surface area contributed by atoms with Crippen molar-refractivity contribution in [2.45, 2.75) is 181 Å². The summed E-state index contributed by atoms with van der Waals surface area (Å²) >= 11 is 0. The Hall–Kier alpha value is -0.660. The molecule has 0 radical (unpaired) electrons. The van der Waals surface area contributed by atoms with Crippen molar-refractivity contribution < 1.29 is 0 Å². The standard InChI is InChI=1S/C32H64N2/c1-4-7-10-13-15-16-17-18-19-20-21-23-26-29-34-31-30-33(28-25-12-9-6-3)32(34)27-24-22-14-11-8-5-2/h30-32H,4-29H2,1-3H3. The molecule has 2 nitrogen and oxygen atoms in total. The van der Waals surface area contributed by atoms with E-state index < -0.39 is 0 Å².